The fraction of sp³-hybridized carbons (Fsp3) is 0.538. The molecule has 4 nitrogen and oxygen atoms in total. The van der Waals surface area contributed by atoms with Crippen LogP contribution in [0.25, 0.3) is 11.4 Å². The van der Waals surface area contributed by atoms with E-state index in [0.29, 0.717) is 29.7 Å². The van der Waals surface area contributed by atoms with Crippen LogP contribution in [0.15, 0.2) is 30.6 Å². The number of aryl methyl sites for hydroxylation is 1. The summed E-state index contributed by atoms with van der Waals surface area (Å²) in [6.07, 6.45) is 19.7. The second-order valence-corrected chi connectivity index (χ2v) is 8.38. The van der Waals surface area contributed by atoms with Crippen LogP contribution in [0.1, 0.15) is 82.3 Å². The average molecular weight is 405 g/mol. The number of unbranched alkanes of at least 4 members (excludes halogenated alkanes) is 5. The molecule has 1 aliphatic rings. The predicted octanol–water partition coefficient (Wildman–Crippen LogP) is 6.69. The van der Waals surface area contributed by atoms with Gasteiger partial charge in [-0.05, 0) is 74.6 Å². The maximum absolute atomic E-state index is 9.57. The number of nitriles is 1. The summed E-state index contributed by atoms with van der Waals surface area (Å²) < 4.78 is 5.98. The molecule has 0 spiro atoms. The van der Waals surface area contributed by atoms with Crippen LogP contribution in [-0.4, -0.2) is 16.6 Å². The number of ether oxygens (including phenoxy) is 1. The zero-order chi connectivity index (χ0) is 21.0. The average Bonchev–Trinajstić information content (AvgIpc) is 2.81. The highest BCUT2D eigenvalue weighted by atomic mass is 16.5. The van der Waals surface area contributed by atoms with Crippen LogP contribution >= 0.6 is 0 Å². The highest BCUT2D eigenvalue weighted by molar-refractivity contribution is 5.61. The summed E-state index contributed by atoms with van der Waals surface area (Å²) in [4.78, 5) is 9.07. The van der Waals surface area contributed by atoms with Crippen molar-refractivity contribution in [1.29, 1.82) is 5.26 Å². The maximum atomic E-state index is 9.57. The molecule has 30 heavy (non-hydrogen) atoms. The van der Waals surface area contributed by atoms with E-state index in [1.807, 2.05) is 30.6 Å². The van der Waals surface area contributed by atoms with Gasteiger partial charge < -0.3 is 4.74 Å². The molecule has 1 aromatic heterocycles. The van der Waals surface area contributed by atoms with Crippen LogP contribution < -0.4 is 4.74 Å². The molecule has 0 atom stereocenters. The van der Waals surface area contributed by atoms with E-state index < -0.39 is 0 Å². The van der Waals surface area contributed by atoms with Gasteiger partial charge in [0.2, 0.25) is 0 Å². The first-order chi connectivity index (χ1) is 14.8. The van der Waals surface area contributed by atoms with Crippen molar-refractivity contribution in [3.8, 4) is 23.2 Å². The fourth-order valence-corrected chi connectivity index (χ4v) is 3.99. The Morgan fingerprint density at radius 2 is 1.77 bits per heavy atom. The molecule has 1 saturated carbocycles. The van der Waals surface area contributed by atoms with Crippen molar-refractivity contribution in [2.24, 2.45) is 5.92 Å². The van der Waals surface area contributed by atoms with Crippen LogP contribution in [0.4, 0.5) is 0 Å². The first-order valence-corrected chi connectivity index (χ1v) is 11.6. The number of nitrogens with zero attached hydrogens (tertiary/aromatic N) is 3. The van der Waals surface area contributed by atoms with Crippen molar-refractivity contribution < 1.29 is 4.74 Å². The predicted molar refractivity (Wildman–Crippen MR) is 121 cm³/mol. The van der Waals surface area contributed by atoms with Gasteiger partial charge in [-0.25, -0.2) is 9.97 Å². The number of hydrogen-bond acceptors (Lipinski definition) is 4. The Kier molecular flexibility index (Phi) is 9.15. The summed E-state index contributed by atoms with van der Waals surface area (Å²) in [5, 5.41) is 9.57. The third-order valence-electron chi connectivity index (χ3n) is 5.92. The highest BCUT2D eigenvalue weighted by Crippen LogP contribution is 2.27. The maximum Gasteiger partial charge on any atom is 0.159 e. The SMILES string of the molecule is CCCCCCCCc1cnc(-c2ccc(OCC3CC[CH]CC3)c(C#N)c2)nc1. The van der Waals surface area contributed by atoms with E-state index >= 15 is 0 Å². The van der Waals surface area contributed by atoms with Gasteiger partial charge in [0.1, 0.15) is 11.8 Å². The first kappa shape index (κ1) is 22.3. The molecule has 4 heteroatoms. The molecule has 0 aliphatic heterocycles. The Balaban J connectivity index is 1.54. The highest BCUT2D eigenvalue weighted by Gasteiger charge is 2.15. The van der Waals surface area contributed by atoms with Gasteiger partial charge in [0.25, 0.3) is 0 Å². The van der Waals surface area contributed by atoms with Crippen molar-refractivity contribution in [2.75, 3.05) is 6.61 Å². The summed E-state index contributed by atoms with van der Waals surface area (Å²) in [6, 6.07) is 7.94. The fourth-order valence-electron chi connectivity index (χ4n) is 3.99. The minimum atomic E-state index is 0.551. The molecule has 3 rings (SSSR count). The van der Waals surface area contributed by atoms with Crippen LogP contribution in [0, 0.1) is 23.7 Å². The molecule has 159 valence electrons. The third kappa shape index (κ3) is 6.83. The topological polar surface area (TPSA) is 58.8 Å². The normalized spacial score (nSPS) is 14.4. The quantitative estimate of drug-likeness (QED) is 0.391. The summed E-state index contributed by atoms with van der Waals surface area (Å²) in [6.45, 7) is 2.93. The Bertz CT molecular complexity index is 804. The lowest BCUT2D eigenvalue weighted by Crippen LogP contribution is -2.15. The van der Waals surface area contributed by atoms with Crippen LogP contribution in [-0.2, 0) is 6.42 Å². The molecule has 0 bridgehead atoms. The molecule has 0 N–H and O–H groups in total. The van der Waals surface area contributed by atoms with E-state index in [9.17, 15) is 5.26 Å². The molecular weight excluding hydrogens is 370 g/mol. The summed E-state index contributed by atoms with van der Waals surface area (Å²) in [5.41, 5.74) is 2.59. The smallest absolute Gasteiger partial charge is 0.159 e. The Morgan fingerprint density at radius 1 is 1.03 bits per heavy atom. The molecule has 1 aromatic carbocycles. The van der Waals surface area contributed by atoms with E-state index in [4.69, 9.17) is 4.74 Å². The van der Waals surface area contributed by atoms with Gasteiger partial charge in [-0.1, -0.05) is 39.0 Å². The summed E-state index contributed by atoms with van der Waals surface area (Å²) in [5.74, 6) is 1.91. The standard InChI is InChI=1S/C26H34N3O/c1-2-3-4-5-6-8-13-22-18-28-26(29-19-22)23-14-15-25(24(16-23)17-27)30-20-21-11-9-7-10-12-21/h7,14-16,18-19,21H,2-6,8-13,20H2,1H3. The van der Waals surface area contributed by atoms with Crippen LogP contribution in [0.2, 0.25) is 0 Å². The summed E-state index contributed by atoms with van der Waals surface area (Å²) >= 11 is 0. The lowest BCUT2D eigenvalue weighted by atomic mass is 9.90. The zero-order valence-electron chi connectivity index (χ0n) is 18.3. The van der Waals surface area contributed by atoms with Gasteiger partial charge in [0.05, 0.1) is 12.2 Å². The van der Waals surface area contributed by atoms with Gasteiger partial charge in [0.15, 0.2) is 5.82 Å². The Hall–Kier alpha value is -2.41. The van der Waals surface area contributed by atoms with Gasteiger partial charge in [0, 0.05) is 18.0 Å². The molecule has 1 heterocycles. The Morgan fingerprint density at radius 3 is 2.50 bits per heavy atom. The number of benzene rings is 1. The van der Waals surface area contributed by atoms with Gasteiger partial charge in [-0.15, -0.1) is 0 Å². The summed E-state index contributed by atoms with van der Waals surface area (Å²) in [7, 11) is 0. The number of rotatable bonds is 11. The van der Waals surface area contributed by atoms with E-state index in [0.717, 1.165) is 12.0 Å². The van der Waals surface area contributed by atoms with Gasteiger partial charge in [-0.3, -0.25) is 0 Å². The molecular formula is C26H34N3O. The van der Waals surface area contributed by atoms with Crippen molar-refractivity contribution >= 4 is 0 Å². The minimum Gasteiger partial charge on any atom is -0.492 e. The monoisotopic (exact) mass is 404 g/mol. The second kappa shape index (κ2) is 12.3. The lowest BCUT2D eigenvalue weighted by Gasteiger charge is -2.21. The number of aromatic nitrogens is 2. The second-order valence-electron chi connectivity index (χ2n) is 8.38. The van der Waals surface area contributed by atoms with E-state index in [2.05, 4.69) is 29.4 Å². The van der Waals surface area contributed by atoms with Crippen LogP contribution in [0.5, 0.6) is 5.75 Å². The molecule has 2 aromatic rings. The molecule has 1 aliphatic carbocycles. The molecule has 0 unspecified atom stereocenters. The molecule has 0 saturated heterocycles. The minimum absolute atomic E-state index is 0.551. The first-order valence-electron chi connectivity index (χ1n) is 11.6. The van der Waals surface area contributed by atoms with Gasteiger partial charge >= 0.3 is 0 Å². The lowest BCUT2D eigenvalue weighted by molar-refractivity contribution is 0.220. The largest absolute Gasteiger partial charge is 0.492 e. The van der Waals surface area contributed by atoms with Crippen molar-refractivity contribution in [3.05, 3.63) is 48.1 Å². The third-order valence-corrected chi connectivity index (χ3v) is 5.92. The molecule has 1 fully saturated rings. The molecule has 0 amide bonds. The number of hydrogen-bond donors (Lipinski definition) is 0. The Labute approximate surface area is 181 Å². The van der Waals surface area contributed by atoms with E-state index in [1.54, 1.807) is 0 Å². The van der Waals surface area contributed by atoms with Gasteiger partial charge in [-0.2, -0.15) is 5.26 Å². The van der Waals surface area contributed by atoms with Crippen molar-refractivity contribution in [3.63, 3.8) is 0 Å². The van der Waals surface area contributed by atoms with Crippen LogP contribution in [0.3, 0.4) is 0 Å². The van der Waals surface area contributed by atoms with E-state index in [-0.39, 0.29) is 0 Å². The van der Waals surface area contributed by atoms with E-state index in [1.165, 1.54) is 69.8 Å². The van der Waals surface area contributed by atoms with Crippen molar-refractivity contribution in [1.82, 2.24) is 9.97 Å². The zero-order valence-corrected chi connectivity index (χ0v) is 18.3. The molecule has 1 radical (unpaired) electrons. The van der Waals surface area contributed by atoms with Crippen molar-refractivity contribution in [2.45, 2.75) is 77.6 Å².